The van der Waals surface area contributed by atoms with Gasteiger partial charge in [-0.25, -0.2) is 0 Å². The maximum Gasteiger partial charge on any atom is 0.0304 e. The quantitative estimate of drug-likeness (QED) is 0.748. The number of aliphatic imine (C=N–C) groups is 1. The van der Waals surface area contributed by atoms with Gasteiger partial charge in [0.2, 0.25) is 0 Å². The summed E-state index contributed by atoms with van der Waals surface area (Å²) in [4.78, 5) is 4.08. The predicted octanol–water partition coefficient (Wildman–Crippen LogP) is 2.47. The van der Waals surface area contributed by atoms with E-state index in [2.05, 4.69) is 17.1 Å². The molecule has 0 aromatic heterocycles. The van der Waals surface area contributed by atoms with E-state index in [0.717, 1.165) is 16.8 Å². The summed E-state index contributed by atoms with van der Waals surface area (Å²) < 4.78 is 0. The maximum absolute atomic E-state index is 6.13. The van der Waals surface area contributed by atoms with Crippen LogP contribution in [0.1, 0.15) is 18.4 Å². The van der Waals surface area contributed by atoms with Gasteiger partial charge in [0, 0.05) is 24.5 Å². The first-order valence-electron chi connectivity index (χ1n) is 5.30. The van der Waals surface area contributed by atoms with E-state index in [4.69, 9.17) is 5.73 Å². The lowest BCUT2D eigenvalue weighted by atomic mass is 10.0. The Kier molecular flexibility index (Phi) is 2.86. The van der Waals surface area contributed by atoms with Crippen molar-refractivity contribution < 1.29 is 0 Å². The van der Waals surface area contributed by atoms with Crippen molar-refractivity contribution in [2.45, 2.75) is 12.8 Å². The molecule has 1 fully saturated rings. The highest BCUT2D eigenvalue weighted by Gasteiger charge is 2.26. The van der Waals surface area contributed by atoms with Gasteiger partial charge < -0.3 is 5.73 Å². The molecule has 2 rings (SSSR count). The Hall–Kier alpha value is -1.57. The van der Waals surface area contributed by atoms with Crippen molar-refractivity contribution in [3.8, 4) is 0 Å². The Labute approximate surface area is 90.5 Å². The molecule has 0 heterocycles. The number of hydrogen-bond acceptors (Lipinski definition) is 2. The zero-order valence-corrected chi connectivity index (χ0v) is 8.98. The van der Waals surface area contributed by atoms with Gasteiger partial charge in [-0.05, 0) is 24.3 Å². The van der Waals surface area contributed by atoms with Crippen molar-refractivity contribution in [3.63, 3.8) is 0 Å². The van der Waals surface area contributed by atoms with Gasteiger partial charge >= 0.3 is 0 Å². The van der Waals surface area contributed by atoms with Crippen molar-refractivity contribution in [1.82, 2.24) is 0 Å². The third-order valence-electron chi connectivity index (χ3n) is 2.67. The summed E-state index contributed by atoms with van der Waals surface area (Å²) in [6.07, 6.45) is 4.31. The first kappa shape index (κ1) is 9.97. The van der Waals surface area contributed by atoms with Crippen LogP contribution in [-0.2, 0) is 0 Å². The van der Waals surface area contributed by atoms with Crippen LogP contribution in [0.3, 0.4) is 0 Å². The van der Waals surface area contributed by atoms with Crippen molar-refractivity contribution in [1.29, 1.82) is 0 Å². The number of nitrogens with zero attached hydrogens (tertiary/aromatic N) is 1. The van der Waals surface area contributed by atoms with Gasteiger partial charge in [-0.3, -0.25) is 4.99 Å². The van der Waals surface area contributed by atoms with E-state index in [1.165, 1.54) is 12.8 Å². The van der Waals surface area contributed by atoms with E-state index in [-0.39, 0.29) is 0 Å². The minimum Gasteiger partial charge on any atom is -0.401 e. The molecule has 0 amide bonds. The van der Waals surface area contributed by atoms with Crippen LogP contribution in [0.2, 0.25) is 0 Å². The number of rotatable bonds is 3. The van der Waals surface area contributed by atoms with Gasteiger partial charge in [0.15, 0.2) is 0 Å². The predicted molar refractivity (Wildman–Crippen MR) is 64.7 cm³/mol. The molecular weight excluding hydrogens is 184 g/mol. The molecule has 78 valence electrons. The van der Waals surface area contributed by atoms with Gasteiger partial charge in [-0.15, -0.1) is 0 Å². The molecule has 0 bridgehead atoms. The number of benzene rings is 1. The molecule has 0 saturated heterocycles. The Morgan fingerprint density at radius 3 is 2.53 bits per heavy atom. The van der Waals surface area contributed by atoms with Crippen LogP contribution in [0.15, 0.2) is 41.0 Å². The average Bonchev–Trinajstić information content (AvgIpc) is 3.10. The average molecular weight is 200 g/mol. The Bertz CT molecular complexity index is 386. The normalized spacial score (nSPS) is 17.9. The molecule has 1 aliphatic rings. The van der Waals surface area contributed by atoms with E-state index < -0.39 is 0 Å². The van der Waals surface area contributed by atoms with Crippen LogP contribution in [-0.4, -0.2) is 13.3 Å². The summed E-state index contributed by atoms with van der Waals surface area (Å²) in [5.74, 6) is 0.582. The largest absolute Gasteiger partial charge is 0.401 e. The minimum atomic E-state index is 0.582. The zero-order valence-electron chi connectivity index (χ0n) is 8.98. The molecule has 2 heteroatoms. The highest BCUT2D eigenvalue weighted by Crippen LogP contribution is 2.36. The monoisotopic (exact) mass is 200 g/mol. The number of allylic oxidation sites excluding steroid dienone is 2. The lowest BCUT2D eigenvalue weighted by Gasteiger charge is -2.07. The first-order chi connectivity index (χ1) is 7.33. The van der Waals surface area contributed by atoms with Crippen molar-refractivity contribution in [2.75, 3.05) is 7.05 Å². The van der Waals surface area contributed by atoms with Crippen molar-refractivity contribution >= 4 is 11.8 Å². The molecule has 2 N–H and O–H groups in total. The van der Waals surface area contributed by atoms with Gasteiger partial charge in [0.25, 0.3) is 0 Å². The van der Waals surface area contributed by atoms with E-state index >= 15 is 0 Å². The summed E-state index contributed by atoms with van der Waals surface area (Å²) >= 11 is 0. The lowest BCUT2D eigenvalue weighted by Crippen LogP contribution is -2.05. The smallest absolute Gasteiger partial charge is 0.0304 e. The second kappa shape index (κ2) is 4.30. The molecule has 1 aromatic carbocycles. The SMILES string of the molecule is CN=C/C(=C(\N)C1CC1)c1ccccc1. The highest BCUT2D eigenvalue weighted by molar-refractivity contribution is 6.10. The molecule has 0 aliphatic heterocycles. The van der Waals surface area contributed by atoms with Gasteiger partial charge in [0.05, 0.1) is 0 Å². The summed E-state index contributed by atoms with van der Waals surface area (Å²) in [7, 11) is 1.78. The van der Waals surface area contributed by atoms with Crippen LogP contribution in [0, 0.1) is 5.92 Å². The fourth-order valence-corrected chi connectivity index (χ4v) is 1.68. The Morgan fingerprint density at radius 2 is 2.00 bits per heavy atom. The molecule has 1 aliphatic carbocycles. The summed E-state index contributed by atoms with van der Waals surface area (Å²) in [6.45, 7) is 0. The lowest BCUT2D eigenvalue weighted by molar-refractivity contribution is 0.989. The molecule has 0 spiro atoms. The molecule has 1 saturated carbocycles. The van der Waals surface area contributed by atoms with Crippen molar-refractivity contribution in [2.24, 2.45) is 16.6 Å². The zero-order chi connectivity index (χ0) is 10.7. The van der Waals surface area contributed by atoms with Crippen LogP contribution in [0.25, 0.3) is 5.57 Å². The molecule has 0 atom stereocenters. The number of nitrogens with two attached hydrogens (primary N) is 1. The van der Waals surface area contributed by atoms with Crippen LogP contribution in [0.4, 0.5) is 0 Å². The van der Waals surface area contributed by atoms with Gasteiger partial charge in [-0.1, -0.05) is 30.3 Å². The van der Waals surface area contributed by atoms with E-state index in [1.807, 2.05) is 24.4 Å². The fourth-order valence-electron chi connectivity index (χ4n) is 1.68. The summed E-state index contributed by atoms with van der Waals surface area (Å²) in [6, 6.07) is 10.2. The molecule has 1 aromatic rings. The van der Waals surface area contributed by atoms with E-state index in [1.54, 1.807) is 7.05 Å². The third kappa shape index (κ3) is 2.27. The van der Waals surface area contributed by atoms with Crippen LogP contribution >= 0.6 is 0 Å². The Balaban J connectivity index is 2.39. The van der Waals surface area contributed by atoms with Gasteiger partial charge in [-0.2, -0.15) is 0 Å². The topological polar surface area (TPSA) is 38.4 Å². The van der Waals surface area contributed by atoms with Crippen molar-refractivity contribution in [3.05, 3.63) is 41.6 Å². The van der Waals surface area contributed by atoms with Gasteiger partial charge in [0.1, 0.15) is 0 Å². The summed E-state index contributed by atoms with van der Waals surface area (Å²) in [5, 5.41) is 0. The fraction of sp³-hybridized carbons (Fsp3) is 0.308. The van der Waals surface area contributed by atoms with E-state index in [0.29, 0.717) is 5.92 Å². The molecule has 0 unspecified atom stereocenters. The molecule has 15 heavy (non-hydrogen) atoms. The second-order valence-corrected chi connectivity index (χ2v) is 3.90. The second-order valence-electron chi connectivity index (χ2n) is 3.90. The third-order valence-corrected chi connectivity index (χ3v) is 2.67. The maximum atomic E-state index is 6.13. The molecule has 0 radical (unpaired) electrons. The van der Waals surface area contributed by atoms with Crippen LogP contribution in [0.5, 0.6) is 0 Å². The Morgan fingerprint density at radius 1 is 1.33 bits per heavy atom. The van der Waals surface area contributed by atoms with E-state index in [9.17, 15) is 0 Å². The number of hydrogen-bond donors (Lipinski definition) is 1. The highest BCUT2D eigenvalue weighted by atomic mass is 14.7. The van der Waals surface area contributed by atoms with Crippen LogP contribution < -0.4 is 5.73 Å². The molecular formula is C13H16N2. The molecule has 2 nitrogen and oxygen atoms in total. The standard InChI is InChI=1S/C13H16N2/c1-15-9-12(13(14)11-7-8-11)10-5-3-2-4-6-10/h2-6,9,11H,7-8,14H2,1H3/b13-12+,15-9?. The summed E-state index contributed by atoms with van der Waals surface area (Å²) in [5.41, 5.74) is 9.37. The minimum absolute atomic E-state index is 0.582. The first-order valence-corrected chi connectivity index (χ1v) is 5.30.